The van der Waals surface area contributed by atoms with Gasteiger partial charge in [-0.05, 0) is 37.3 Å². The van der Waals surface area contributed by atoms with Gasteiger partial charge < -0.3 is 10.1 Å². The molecule has 0 spiro atoms. The Kier molecular flexibility index (Phi) is 4.99. The largest absolute Gasteiger partial charge is 0.371 e. The average molecular weight is 301 g/mol. The molecule has 1 aliphatic heterocycles. The Hall–Kier alpha value is -1.14. The summed E-state index contributed by atoms with van der Waals surface area (Å²) in [6.07, 6.45) is 2.10. The molecular formula is C14H17F2NO2S. The van der Waals surface area contributed by atoms with Crippen molar-refractivity contribution in [2.45, 2.75) is 30.7 Å². The van der Waals surface area contributed by atoms with Crippen molar-refractivity contribution in [3.05, 3.63) is 35.4 Å². The Bertz CT molecular complexity index is 498. The zero-order chi connectivity index (χ0) is 14.7. The summed E-state index contributed by atoms with van der Waals surface area (Å²) < 4.78 is 31.8. The molecule has 1 heterocycles. The molecule has 0 aliphatic carbocycles. The van der Waals surface area contributed by atoms with Crippen molar-refractivity contribution in [3.63, 3.8) is 0 Å². The fourth-order valence-corrected chi connectivity index (χ4v) is 2.44. The predicted molar refractivity (Wildman–Crippen MR) is 74.6 cm³/mol. The summed E-state index contributed by atoms with van der Waals surface area (Å²) in [6.45, 7) is 2.31. The van der Waals surface area contributed by atoms with Crippen LogP contribution in [0.2, 0.25) is 0 Å². The van der Waals surface area contributed by atoms with Crippen LogP contribution in [0.25, 0.3) is 0 Å². The number of carbonyl (C=O) groups is 1. The predicted octanol–water partition coefficient (Wildman–Crippen LogP) is 2.66. The van der Waals surface area contributed by atoms with Gasteiger partial charge in [-0.2, -0.15) is 11.8 Å². The third-order valence-corrected chi connectivity index (χ3v) is 4.34. The Balaban J connectivity index is 2.10. The number of rotatable bonds is 4. The third-order valence-electron chi connectivity index (χ3n) is 3.41. The van der Waals surface area contributed by atoms with E-state index >= 15 is 0 Å². The smallest absolute Gasteiger partial charge is 0.233 e. The second-order valence-electron chi connectivity index (χ2n) is 4.75. The maximum Gasteiger partial charge on any atom is 0.233 e. The van der Waals surface area contributed by atoms with Crippen molar-refractivity contribution < 1.29 is 18.3 Å². The van der Waals surface area contributed by atoms with Crippen LogP contribution < -0.4 is 5.32 Å². The van der Waals surface area contributed by atoms with E-state index in [0.29, 0.717) is 18.6 Å². The van der Waals surface area contributed by atoms with E-state index in [9.17, 15) is 13.6 Å². The molecule has 1 N–H and O–H groups in total. The molecule has 0 bridgehead atoms. The van der Waals surface area contributed by atoms with Gasteiger partial charge >= 0.3 is 0 Å². The van der Waals surface area contributed by atoms with Crippen molar-refractivity contribution in [1.82, 2.24) is 5.32 Å². The van der Waals surface area contributed by atoms with Crippen molar-refractivity contribution >= 4 is 17.7 Å². The summed E-state index contributed by atoms with van der Waals surface area (Å²) in [7, 11) is 0. The highest BCUT2D eigenvalue weighted by Crippen LogP contribution is 2.30. The molecule has 1 fully saturated rings. The molecule has 110 valence electrons. The second kappa shape index (κ2) is 6.54. The van der Waals surface area contributed by atoms with E-state index in [2.05, 4.69) is 5.32 Å². The van der Waals surface area contributed by atoms with Crippen LogP contribution >= 0.6 is 11.8 Å². The van der Waals surface area contributed by atoms with Gasteiger partial charge in [-0.15, -0.1) is 0 Å². The first-order valence-electron chi connectivity index (χ1n) is 6.42. The molecule has 3 atom stereocenters. The fraction of sp³-hybridized carbons (Fsp3) is 0.500. The number of thioether (sulfide) groups is 1. The molecule has 1 amide bonds. The number of hydrogen-bond donors (Lipinski definition) is 1. The fourth-order valence-electron chi connectivity index (χ4n) is 2.16. The van der Waals surface area contributed by atoms with Crippen LogP contribution in [0.1, 0.15) is 25.0 Å². The first-order chi connectivity index (χ1) is 9.52. The lowest BCUT2D eigenvalue weighted by molar-refractivity contribution is -0.121. The first-order valence-corrected chi connectivity index (χ1v) is 7.71. The van der Waals surface area contributed by atoms with Crippen LogP contribution in [-0.4, -0.2) is 30.1 Å². The molecule has 1 unspecified atom stereocenters. The van der Waals surface area contributed by atoms with Gasteiger partial charge in [0, 0.05) is 6.61 Å². The highest BCUT2D eigenvalue weighted by molar-refractivity contribution is 7.99. The first kappa shape index (κ1) is 15.3. The molecule has 1 saturated heterocycles. The topological polar surface area (TPSA) is 38.3 Å². The van der Waals surface area contributed by atoms with Crippen LogP contribution in [-0.2, 0) is 9.53 Å². The van der Waals surface area contributed by atoms with Crippen molar-refractivity contribution in [2.75, 3.05) is 12.9 Å². The number of ether oxygens (including phenoxy) is 1. The second-order valence-corrected chi connectivity index (χ2v) is 5.93. The number of nitrogens with one attached hydrogen (secondary N) is 1. The zero-order valence-corrected chi connectivity index (χ0v) is 12.2. The van der Waals surface area contributed by atoms with Crippen LogP contribution in [0.15, 0.2) is 18.2 Å². The molecular weight excluding hydrogens is 284 g/mol. The van der Waals surface area contributed by atoms with Gasteiger partial charge in [0.2, 0.25) is 5.91 Å². The molecule has 0 aromatic heterocycles. The standard InChI is InChI=1S/C14H17F2NO2S/c1-8(20-2)14(18)17-12-5-6-19-13(12)9-3-4-10(15)11(16)7-9/h3-4,7-8,12-13H,5-6H2,1-2H3,(H,17,18)/t8?,12-,13+/m1/s1. The Morgan fingerprint density at radius 2 is 2.20 bits per heavy atom. The summed E-state index contributed by atoms with van der Waals surface area (Å²) >= 11 is 1.46. The Morgan fingerprint density at radius 1 is 1.45 bits per heavy atom. The Morgan fingerprint density at radius 3 is 2.85 bits per heavy atom. The highest BCUT2D eigenvalue weighted by Gasteiger charge is 2.32. The van der Waals surface area contributed by atoms with Gasteiger partial charge in [0.05, 0.1) is 11.3 Å². The van der Waals surface area contributed by atoms with E-state index in [1.54, 1.807) is 0 Å². The van der Waals surface area contributed by atoms with Crippen molar-refractivity contribution in [2.24, 2.45) is 0 Å². The van der Waals surface area contributed by atoms with Gasteiger partial charge in [0.15, 0.2) is 11.6 Å². The van der Waals surface area contributed by atoms with Gasteiger partial charge in [0.1, 0.15) is 6.10 Å². The quantitative estimate of drug-likeness (QED) is 0.929. The van der Waals surface area contributed by atoms with Crippen LogP contribution in [0.5, 0.6) is 0 Å². The molecule has 6 heteroatoms. The third kappa shape index (κ3) is 3.30. The minimum Gasteiger partial charge on any atom is -0.371 e. The zero-order valence-electron chi connectivity index (χ0n) is 11.4. The van der Waals surface area contributed by atoms with E-state index in [1.165, 1.54) is 17.8 Å². The van der Waals surface area contributed by atoms with E-state index < -0.39 is 17.7 Å². The van der Waals surface area contributed by atoms with Gasteiger partial charge in [0.25, 0.3) is 0 Å². The molecule has 2 rings (SSSR count). The van der Waals surface area contributed by atoms with E-state index in [1.807, 2.05) is 13.2 Å². The summed E-state index contributed by atoms with van der Waals surface area (Å²) in [4.78, 5) is 11.9. The van der Waals surface area contributed by atoms with Gasteiger partial charge in [-0.25, -0.2) is 8.78 Å². The highest BCUT2D eigenvalue weighted by atomic mass is 32.2. The van der Waals surface area contributed by atoms with E-state index in [0.717, 1.165) is 12.1 Å². The SMILES string of the molecule is CSC(C)C(=O)N[C@@H]1CCO[C@H]1c1ccc(F)c(F)c1. The minimum atomic E-state index is -0.902. The van der Waals surface area contributed by atoms with Crippen molar-refractivity contribution in [3.8, 4) is 0 Å². The normalized spacial score (nSPS) is 23.6. The number of hydrogen-bond acceptors (Lipinski definition) is 3. The lowest BCUT2D eigenvalue weighted by Gasteiger charge is -2.21. The molecule has 3 nitrogen and oxygen atoms in total. The van der Waals surface area contributed by atoms with E-state index in [4.69, 9.17) is 4.74 Å². The lowest BCUT2D eigenvalue weighted by Crippen LogP contribution is -2.40. The summed E-state index contributed by atoms with van der Waals surface area (Å²) in [5.74, 6) is -1.86. The molecule has 0 saturated carbocycles. The molecule has 1 aromatic carbocycles. The summed E-state index contributed by atoms with van der Waals surface area (Å²) in [6, 6.07) is 3.49. The monoisotopic (exact) mass is 301 g/mol. The van der Waals surface area contributed by atoms with E-state index in [-0.39, 0.29) is 17.2 Å². The van der Waals surface area contributed by atoms with Gasteiger partial charge in [-0.3, -0.25) is 4.79 Å². The lowest BCUT2D eigenvalue weighted by atomic mass is 10.0. The number of halogens is 2. The number of amides is 1. The summed E-state index contributed by atoms with van der Waals surface area (Å²) in [5, 5.41) is 2.76. The molecule has 0 radical (unpaired) electrons. The Labute approximate surface area is 121 Å². The van der Waals surface area contributed by atoms with Crippen LogP contribution in [0.4, 0.5) is 8.78 Å². The van der Waals surface area contributed by atoms with Crippen molar-refractivity contribution in [1.29, 1.82) is 0 Å². The maximum absolute atomic E-state index is 13.3. The van der Waals surface area contributed by atoms with Gasteiger partial charge in [-0.1, -0.05) is 6.07 Å². The molecule has 1 aromatic rings. The maximum atomic E-state index is 13.3. The molecule has 1 aliphatic rings. The van der Waals surface area contributed by atoms with Crippen LogP contribution in [0.3, 0.4) is 0 Å². The summed E-state index contributed by atoms with van der Waals surface area (Å²) in [5.41, 5.74) is 0.545. The van der Waals surface area contributed by atoms with Crippen LogP contribution in [0, 0.1) is 11.6 Å². The average Bonchev–Trinajstić information content (AvgIpc) is 2.89. The number of benzene rings is 1. The number of carbonyl (C=O) groups excluding carboxylic acids is 1. The minimum absolute atomic E-state index is 0.0689. The molecule has 20 heavy (non-hydrogen) atoms.